The van der Waals surface area contributed by atoms with Gasteiger partial charge in [-0.25, -0.2) is 0 Å². The molecule has 0 spiro atoms. The van der Waals surface area contributed by atoms with Gasteiger partial charge >= 0.3 is 0 Å². The lowest BCUT2D eigenvalue weighted by molar-refractivity contribution is -0.142. The molecule has 3 aromatic rings. The predicted octanol–water partition coefficient (Wildman–Crippen LogP) is 5.53. The lowest BCUT2D eigenvalue weighted by Gasteiger charge is -2.31. The number of benzene rings is 3. The van der Waals surface area contributed by atoms with E-state index >= 15 is 0 Å². The van der Waals surface area contributed by atoms with Gasteiger partial charge in [-0.2, -0.15) is 0 Å². The van der Waals surface area contributed by atoms with Crippen molar-refractivity contribution in [1.29, 1.82) is 0 Å². The number of likely N-dealkylation sites (N-methyl/N-ethyl adjacent to an activating group) is 1. The molecule has 0 aliphatic heterocycles. The highest BCUT2D eigenvalue weighted by atomic mass is 79.9. The fourth-order valence-corrected chi connectivity index (χ4v) is 4.30. The van der Waals surface area contributed by atoms with Crippen LogP contribution in [0.15, 0.2) is 71.2 Å². The van der Waals surface area contributed by atoms with E-state index in [1.807, 2.05) is 94.4 Å². The van der Waals surface area contributed by atoms with Crippen molar-refractivity contribution in [3.8, 4) is 5.75 Å². The number of hydrogen-bond acceptors (Lipinski definition) is 3. The highest BCUT2D eigenvalue weighted by molar-refractivity contribution is 9.10. The third kappa shape index (κ3) is 7.43. The van der Waals surface area contributed by atoms with E-state index in [9.17, 15) is 9.59 Å². The van der Waals surface area contributed by atoms with E-state index in [-0.39, 0.29) is 18.4 Å². The second-order valence-corrected chi connectivity index (χ2v) is 9.56. The minimum Gasteiger partial charge on any atom is -0.484 e. The van der Waals surface area contributed by atoms with E-state index in [2.05, 4.69) is 21.2 Å². The summed E-state index contributed by atoms with van der Waals surface area (Å²) in [6, 6.07) is 20.9. The lowest BCUT2D eigenvalue weighted by Crippen LogP contribution is -2.51. The van der Waals surface area contributed by atoms with Crippen molar-refractivity contribution in [1.82, 2.24) is 10.2 Å². The molecular formula is C29H33BrN2O3. The van der Waals surface area contributed by atoms with Crippen molar-refractivity contribution >= 4 is 27.7 Å². The smallest absolute Gasteiger partial charge is 0.261 e. The van der Waals surface area contributed by atoms with E-state index in [0.717, 1.165) is 32.3 Å². The second kappa shape index (κ2) is 12.5. The Balaban J connectivity index is 1.90. The van der Waals surface area contributed by atoms with Gasteiger partial charge in [-0.05, 0) is 62.1 Å². The van der Waals surface area contributed by atoms with Crippen LogP contribution in [-0.4, -0.2) is 35.9 Å². The number of rotatable bonds is 10. The molecule has 0 radical (unpaired) electrons. The normalized spacial score (nSPS) is 11.6. The highest BCUT2D eigenvalue weighted by Crippen LogP contribution is 2.26. The number of amides is 2. The summed E-state index contributed by atoms with van der Waals surface area (Å²) in [6.07, 6.45) is 0.417. The Hall–Kier alpha value is -3.12. The Bertz CT molecular complexity index is 1140. The van der Waals surface area contributed by atoms with Crippen LogP contribution in [0.4, 0.5) is 0 Å². The Morgan fingerprint density at radius 2 is 1.60 bits per heavy atom. The molecule has 0 saturated heterocycles. The maximum Gasteiger partial charge on any atom is 0.261 e. The summed E-state index contributed by atoms with van der Waals surface area (Å²) in [4.78, 5) is 28.4. The summed E-state index contributed by atoms with van der Waals surface area (Å²) in [5.74, 6) is 0.217. The highest BCUT2D eigenvalue weighted by Gasteiger charge is 2.30. The molecule has 184 valence electrons. The number of aryl methyl sites for hydroxylation is 3. The molecule has 0 aromatic heterocycles. The maximum absolute atomic E-state index is 13.6. The van der Waals surface area contributed by atoms with Crippen LogP contribution in [0.2, 0.25) is 0 Å². The van der Waals surface area contributed by atoms with Gasteiger partial charge in [0, 0.05) is 24.0 Å². The molecular weight excluding hydrogens is 504 g/mol. The first-order valence-electron chi connectivity index (χ1n) is 11.8. The van der Waals surface area contributed by atoms with Crippen molar-refractivity contribution in [2.75, 3.05) is 13.2 Å². The molecule has 1 atom stereocenters. The number of nitrogens with zero attached hydrogens (tertiary/aromatic N) is 1. The molecule has 3 aromatic carbocycles. The van der Waals surface area contributed by atoms with Gasteiger partial charge in [-0.15, -0.1) is 0 Å². The molecule has 2 amide bonds. The monoisotopic (exact) mass is 536 g/mol. The van der Waals surface area contributed by atoms with Gasteiger partial charge in [-0.3, -0.25) is 9.59 Å². The molecule has 3 rings (SSSR count). The zero-order valence-electron chi connectivity index (χ0n) is 20.8. The van der Waals surface area contributed by atoms with Crippen LogP contribution in [0, 0.1) is 20.8 Å². The third-order valence-electron chi connectivity index (χ3n) is 5.83. The summed E-state index contributed by atoms with van der Waals surface area (Å²) in [5.41, 5.74) is 5.13. The molecule has 0 fully saturated rings. The number of carbonyl (C=O) groups excluding carboxylic acids is 2. The molecule has 6 heteroatoms. The minimum atomic E-state index is -0.664. The zero-order valence-corrected chi connectivity index (χ0v) is 22.4. The number of carbonyl (C=O) groups is 2. The minimum absolute atomic E-state index is 0.156. The number of ether oxygens (including phenoxy) is 1. The Morgan fingerprint density at radius 3 is 2.23 bits per heavy atom. The van der Waals surface area contributed by atoms with Crippen LogP contribution in [0.25, 0.3) is 0 Å². The molecule has 1 N–H and O–H groups in total. The summed E-state index contributed by atoms with van der Waals surface area (Å²) in [6.45, 7) is 8.52. The average Bonchev–Trinajstić information content (AvgIpc) is 2.84. The molecule has 0 bridgehead atoms. The molecule has 0 heterocycles. The summed E-state index contributed by atoms with van der Waals surface area (Å²) >= 11 is 3.57. The Labute approximate surface area is 216 Å². The van der Waals surface area contributed by atoms with Crippen LogP contribution in [0.3, 0.4) is 0 Å². The first-order chi connectivity index (χ1) is 16.8. The largest absolute Gasteiger partial charge is 0.484 e. The van der Waals surface area contributed by atoms with Crippen molar-refractivity contribution in [2.45, 2.75) is 46.7 Å². The maximum atomic E-state index is 13.6. The van der Waals surface area contributed by atoms with E-state index in [1.165, 1.54) is 0 Å². The SMILES string of the molecule is CCNC(=O)[C@H](Cc1ccccc1)N(Cc1cccc(C)c1)C(=O)COc1cc(C)c(Br)c(C)c1. The van der Waals surface area contributed by atoms with Crippen LogP contribution < -0.4 is 10.1 Å². The van der Waals surface area contributed by atoms with Gasteiger partial charge in [0.05, 0.1) is 0 Å². The van der Waals surface area contributed by atoms with Crippen LogP contribution >= 0.6 is 15.9 Å². The molecule has 0 unspecified atom stereocenters. The number of hydrogen-bond donors (Lipinski definition) is 1. The summed E-state index contributed by atoms with van der Waals surface area (Å²) < 4.78 is 6.95. The summed E-state index contributed by atoms with van der Waals surface area (Å²) in [5, 5.41) is 2.91. The number of halogens is 1. The van der Waals surface area contributed by atoms with Crippen molar-refractivity contribution < 1.29 is 14.3 Å². The van der Waals surface area contributed by atoms with E-state index in [4.69, 9.17) is 4.74 Å². The zero-order chi connectivity index (χ0) is 25.4. The topological polar surface area (TPSA) is 58.6 Å². The lowest BCUT2D eigenvalue weighted by atomic mass is 10.0. The van der Waals surface area contributed by atoms with Crippen molar-refractivity contribution in [3.63, 3.8) is 0 Å². The Kier molecular flexibility index (Phi) is 9.49. The van der Waals surface area contributed by atoms with Gasteiger partial charge in [0.2, 0.25) is 5.91 Å². The van der Waals surface area contributed by atoms with E-state index in [1.54, 1.807) is 4.90 Å². The number of nitrogens with one attached hydrogen (secondary N) is 1. The molecule has 5 nitrogen and oxygen atoms in total. The van der Waals surface area contributed by atoms with Gasteiger partial charge < -0.3 is 15.0 Å². The predicted molar refractivity (Wildman–Crippen MR) is 143 cm³/mol. The van der Waals surface area contributed by atoms with E-state index in [0.29, 0.717) is 25.3 Å². The van der Waals surface area contributed by atoms with Gasteiger partial charge in [0.15, 0.2) is 6.61 Å². The van der Waals surface area contributed by atoms with Gasteiger partial charge in [0.25, 0.3) is 5.91 Å². The van der Waals surface area contributed by atoms with Crippen LogP contribution in [0.5, 0.6) is 5.75 Å². The quantitative estimate of drug-likeness (QED) is 0.370. The standard InChI is InChI=1S/C29H33BrN2O3/c1-5-31-29(34)26(17-23-11-7-6-8-12-23)32(18-24-13-9-10-20(2)14-24)27(33)19-35-25-15-21(3)28(30)22(4)16-25/h6-16,26H,5,17-19H2,1-4H3,(H,31,34)/t26-/m0/s1. The summed E-state index contributed by atoms with van der Waals surface area (Å²) in [7, 11) is 0. The molecule has 0 aliphatic rings. The van der Waals surface area contributed by atoms with Crippen LogP contribution in [-0.2, 0) is 22.6 Å². The Morgan fingerprint density at radius 1 is 0.943 bits per heavy atom. The average molecular weight is 537 g/mol. The second-order valence-electron chi connectivity index (χ2n) is 8.77. The first kappa shape index (κ1) is 26.5. The molecule has 0 saturated carbocycles. The molecule has 0 aliphatic carbocycles. The van der Waals surface area contributed by atoms with Gasteiger partial charge in [-0.1, -0.05) is 76.1 Å². The van der Waals surface area contributed by atoms with Gasteiger partial charge in [0.1, 0.15) is 11.8 Å². The van der Waals surface area contributed by atoms with E-state index < -0.39 is 6.04 Å². The first-order valence-corrected chi connectivity index (χ1v) is 12.6. The fourth-order valence-electron chi connectivity index (χ4n) is 4.07. The fraction of sp³-hybridized carbons (Fsp3) is 0.310. The third-order valence-corrected chi connectivity index (χ3v) is 7.08. The van der Waals surface area contributed by atoms with Crippen LogP contribution in [0.1, 0.15) is 34.7 Å². The van der Waals surface area contributed by atoms with Crippen molar-refractivity contribution in [3.05, 3.63) is 99.0 Å². The van der Waals surface area contributed by atoms with Crippen molar-refractivity contribution in [2.24, 2.45) is 0 Å². The molecule has 35 heavy (non-hydrogen) atoms.